The molecule has 6 nitrogen and oxygen atoms in total. The molecule has 4 rings (SSSR count). The summed E-state index contributed by atoms with van der Waals surface area (Å²) in [5.41, 5.74) is 4.26. The van der Waals surface area contributed by atoms with Crippen LogP contribution in [-0.4, -0.2) is 12.5 Å². The third-order valence-corrected chi connectivity index (χ3v) is 7.08. The van der Waals surface area contributed by atoms with Gasteiger partial charge in [0.2, 0.25) is 0 Å². The number of benzene rings is 4. The van der Waals surface area contributed by atoms with E-state index in [1.807, 2.05) is 86.6 Å². The lowest BCUT2D eigenvalue weighted by atomic mass is 10.1. The van der Waals surface area contributed by atoms with Crippen LogP contribution in [0.4, 0.5) is 5.69 Å². The predicted octanol–water partition coefficient (Wildman–Crippen LogP) is 8.62. The van der Waals surface area contributed by atoms with Crippen LogP contribution in [0.1, 0.15) is 29.2 Å². The summed E-state index contributed by atoms with van der Waals surface area (Å²) in [6.45, 7) is 5.10. The van der Waals surface area contributed by atoms with Crippen LogP contribution in [0.25, 0.3) is 6.08 Å². The largest absolute Gasteiger partial charge is 0.490 e. The lowest BCUT2D eigenvalue weighted by molar-refractivity contribution is -0.112. The fourth-order valence-corrected chi connectivity index (χ4v) is 5.41. The molecule has 1 N–H and O–H groups in total. The number of aryl methyl sites for hydroxylation is 1. The second kappa shape index (κ2) is 14.5. The number of ether oxygens (including phenoxy) is 3. The Hall–Kier alpha value is -4.06. The van der Waals surface area contributed by atoms with E-state index >= 15 is 0 Å². The van der Waals surface area contributed by atoms with Gasteiger partial charge in [0, 0.05) is 5.69 Å². The first kappa shape index (κ1) is 29.9. The average Bonchev–Trinajstić information content (AvgIpc) is 2.95. The Morgan fingerprint density at radius 3 is 2.27 bits per heavy atom. The number of halogens is 2. The lowest BCUT2D eigenvalue weighted by Gasteiger charge is -2.15. The van der Waals surface area contributed by atoms with Crippen molar-refractivity contribution in [1.29, 1.82) is 5.26 Å². The SMILES string of the molecule is CCOc1cc(COc2c(Br)cc(/C=C(\C#N)C(=O)Nc3cccc(C)c3)cc2Br)ccc1OCc1ccccc1. The molecular formula is C33H28Br2N2O4. The van der Waals surface area contributed by atoms with Crippen molar-refractivity contribution in [1.82, 2.24) is 0 Å². The second-order valence-electron chi connectivity index (χ2n) is 9.08. The van der Waals surface area contributed by atoms with Gasteiger partial charge >= 0.3 is 0 Å². The molecule has 0 spiro atoms. The standard InChI is InChI=1S/C33H28Br2N2O4/c1-3-39-31-18-24(12-13-30(31)40-20-23-9-5-4-6-10-23)21-41-32-28(34)16-25(17-29(32)35)15-26(19-36)33(38)37-27-11-7-8-22(2)14-27/h4-18H,3,20-21H2,1-2H3,(H,37,38)/b26-15+. The molecule has 1 amide bonds. The Bertz CT molecular complexity index is 1570. The van der Waals surface area contributed by atoms with Crippen LogP contribution in [0.5, 0.6) is 17.2 Å². The Kier molecular flexibility index (Phi) is 10.6. The van der Waals surface area contributed by atoms with E-state index in [9.17, 15) is 10.1 Å². The maximum Gasteiger partial charge on any atom is 0.266 e. The van der Waals surface area contributed by atoms with Gasteiger partial charge in [0.1, 0.15) is 30.6 Å². The van der Waals surface area contributed by atoms with Gasteiger partial charge in [-0.05, 0) is 110 Å². The third kappa shape index (κ3) is 8.46. The number of nitriles is 1. The molecule has 0 aliphatic rings. The van der Waals surface area contributed by atoms with Crippen LogP contribution in [0.15, 0.2) is 99.4 Å². The summed E-state index contributed by atoms with van der Waals surface area (Å²) in [6.07, 6.45) is 1.53. The zero-order valence-electron chi connectivity index (χ0n) is 22.6. The van der Waals surface area contributed by atoms with Gasteiger partial charge in [0.25, 0.3) is 5.91 Å². The molecule has 0 saturated heterocycles. The summed E-state index contributed by atoms with van der Waals surface area (Å²) in [4.78, 5) is 12.7. The van der Waals surface area contributed by atoms with Gasteiger partial charge in [-0.15, -0.1) is 0 Å². The summed E-state index contributed by atoms with van der Waals surface area (Å²) < 4.78 is 19.3. The van der Waals surface area contributed by atoms with Crippen LogP contribution in [0.2, 0.25) is 0 Å². The van der Waals surface area contributed by atoms with E-state index < -0.39 is 5.91 Å². The van der Waals surface area contributed by atoms with Crippen molar-refractivity contribution in [3.05, 3.63) is 122 Å². The highest BCUT2D eigenvalue weighted by Crippen LogP contribution is 2.37. The summed E-state index contributed by atoms with van der Waals surface area (Å²) in [5.74, 6) is 1.42. The molecule has 0 aliphatic carbocycles. The summed E-state index contributed by atoms with van der Waals surface area (Å²) in [7, 11) is 0. The maximum absolute atomic E-state index is 12.7. The van der Waals surface area contributed by atoms with E-state index in [1.165, 1.54) is 6.08 Å². The molecule has 4 aromatic carbocycles. The van der Waals surface area contributed by atoms with E-state index in [0.717, 1.165) is 16.7 Å². The molecule has 0 aliphatic heterocycles. The third-order valence-electron chi connectivity index (χ3n) is 5.90. The Balaban J connectivity index is 1.45. The molecule has 0 heterocycles. The normalized spacial score (nSPS) is 11.0. The topological polar surface area (TPSA) is 80.6 Å². The minimum Gasteiger partial charge on any atom is -0.490 e. The Morgan fingerprint density at radius 1 is 0.854 bits per heavy atom. The van der Waals surface area contributed by atoms with E-state index in [2.05, 4.69) is 37.2 Å². The van der Waals surface area contributed by atoms with Crippen molar-refractivity contribution < 1.29 is 19.0 Å². The van der Waals surface area contributed by atoms with Crippen molar-refractivity contribution in [2.45, 2.75) is 27.1 Å². The number of hydrogen-bond donors (Lipinski definition) is 1. The zero-order valence-corrected chi connectivity index (χ0v) is 25.8. The van der Waals surface area contributed by atoms with Crippen molar-refractivity contribution >= 4 is 49.5 Å². The molecule has 0 atom stereocenters. The van der Waals surface area contributed by atoms with Crippen LogP contribution < -0.4 is 19.5 Å². The molecule has 8 heteroatoms. The Labute approximate surface area is 256 Å². The molecular weight excluding hydrogens is 648 g/mol. The first-order valence-corrected chi connectivity index (χ1v) is 14.5. The molecule has 0 fully saturated rings. The number of nitrogens with zero attached hydrogens (tertiary/aromatic N) is 1. The molecule has 0 unspecified atom stereocenters. The van der Waals surface area contributed by atoms with Crippen molar-refractivity contribution in [3.8, 4) is 23.3 Å². The molecule has 0 aromatic heterocycles. The zero-order chi connectivity index (χ0) is 29.2. The van der Waals surface area contributed by atoms with Crippen LogP contribution in [-0.2, 0) is 18.0 Å². The van der Waals surface area contributed by atoms with E-state index in [-0.39, 0.29) is 12.2 Å². The highest BCUT2D eigenvalue weighted by Gasteiger charge is 2.14. The first-order chi connectivity index (χ1) is 19.9. The highest BCUT2D eigenvalue weighted by molar-refractivity contribution is 9.11. The molecule has 0 saturated carbocycles. The molecule has 41 heavy (non-hydrogen) atoms. The minimum absolute atomic E-state index is 0.0167. The van der Waals surface area contributed by atoms with Gasteiger partial charge in [0.05, 0.1) is 15.6 Å². The van der Waals surface area contributed by atoms with Crippen molar-refractivity contribution in [2.24, 2.45) is 0 Å². The quantitative estimate of drug-likeness (QED) is 0.127. The van der Waals surface area contributed by atoms with Gasteiger partial charge in [-0.1, -0.05) is 48.5 Å². The second-order valence-corrected chi connectivity index (χ2v) is 10.8. The summed E-state index contributed by atoms with van der Waals surface area (Å²) in [5, 5.41) is 12.4. The Morgan fingerprint density at radius 2 is 1.59 bits per heavy atom. The van der Waals surface area contributed by atoms with E-state index in [4.69, 9.17) is 14.2 Å². The highest BCUT2D eigenvalue weighted by atomic mass is 79.9. The molecule has 4 aromatic rings. The van der Waals surface area contributed by atoms with Crippen LogP contribution in [0, 0.1) is 18.3 Å². The van der Waals surface area contributed by atoms with Gasteiger partial charge in [-0.2, -0.15) is 5.26 Å². The summed E-state index contributed by atoms with van der Waals surface area (Å²) in [6, 6.07) is 28.7. The number of nitrogens with one attached hydrogen (secondary N) is 1. The number of carbonyl (C=O) groups excluding carboxylic acids is 1. The fourth-order valence-electron chi connectivity index (χ4n) is 3.96. The molecule has 208 valence electrons. The number of amides is 1. The monoisotopic (exact) mass is 674 g/mol. The van der Waals surface area contributed by atoms with Crippen molar-refractivity contribution in [3.63, 3.8) is 0 Å². The van der Waals surface area contributed by atoms with Gasteiger partial charge in [-0.3, -0.25) is 4.79 Å². The van der Waals surface area contributed by atoms with E-state index in [1.54, 1.807) is 18.2 Å². The smallest absolute Gasteiger partial charge is 0.266 e. The minimum atomic E-state index is -0.480. The van der Waals surface area contributed by atoms with Gasteiger partial charge in [-0.25, -0.2) is 0 Å². The number of rotatable bonds is 11. The average molecular weight is 676 g/mol. The first-order valence-electron chi connectivity index (χ1n) is 12.9. The lowest BCUT2D eigenvalue weighted by Crippen LogP contribution is -2.13. The number of carbonyl (C=O) groups is 1. The number of anilines is 1. The van der Waals surface area contributed by atoms with Gasteiger partial charge < -0.3 is 19.5 Å². The fraction of sp³-hybridized carbons (Fsp3) is 0.152. The van der Waals surface area contributed by atoms with Crippen LogP contribution in [0.3, 0.4) is 0 Å². The van der Waals surface area contributed by atoms with E-state index in [0.29, 0.717) is 50.7 Å². The van der Waals surface area contributed by atoms with Gasteiger partial charge in [0.15, 0.2) is 11.5 Å². The maximum atomic E-state index is 12.7. The number of hydrogen-bond acceptors (Lipinski definition) is 5. The molecule has 0 radical (unpaired) electrons. The predicted molar refractivity (Wildman–Crippen MR) is 168 cm³/mol. The van der Waals surface area contributed by atoms with Crippen molar-refractivity contribution in [2.75, 3.05) is 11.9 Å². The summed E-state index contributed by atoms with van der Waals surface area (Å²) >= 11 is 7.13. The molecule has 0 bridgehead atoms. The van der Waals surface area contributed by atoms with Crippen LogP contribution >= 0.6 is 31.9 Å².